The molecule has 1 heterocycles. The number of methoxy groups -OCH3 is 1. The Bertz CT molecular complexity index is 668. The van der Waals surface area contributed by atoms with E-state index in [-0.39, 0.29) is 6.10 Å². The van der Waals surface area contributed by atoms with E-state index in [9.17, 15) is 8.78 Å². The lowest BCUT2D eigenvalue weighted by atomic mass is 9.99. The summed E-state index contributed by atoms with van der Waals surface area (Å²) in [6.45, 7) is 1.96. The molecule has 20 heavy (non-hydrogen) atoms. The van der Waals surface area contributed by atoms with Crippen LogP contribution in [0, 0.1) is 11.6 Å². The van der Waals surface area contributed by atoms with Gasteiger partial charge in [-0.3, -0.25) is 0 Å². The monoisotopic (exact) mass is 276 g/mol. The Morgan fingerprint density at radius 1 is 1.15 bits per heavy atom. The number of hydrogen-bond donors (Lipinski definition) is 0. The van der Waals surface area contributed by atoms with Gasteiger partial charge < -0.3 is 9.47 Å². The fourth-order valence-corrected chi connectivity index (χ4v) is 2.53. The van der Waals surface area contributed by atoms with Gasteiger partial charge in [0.05, 0.1) is 7.11 Å². The second-order valence-corrected chi connectivity index (χ2v) is 4.92. The van der Waals surface area contributed by atoms with E-state index < -0.39 is 11.6 Å². The van der Waals surface area contributed by atoms with E-state index in [4.69, 9.17) is 9.47 Å². The molecular formula is C16H14F2O2. The fourth-order valence-electron chi connectivity index (χ4n) is 2.53. The molecule has 3 rings (SSSR count). The maximum Gasteiger partial charge on any atom is 0.134 e. The lowest BCUT2D eigenvalue weighted by Gasteiger charge is -2.12. The normalized spacial score (nSPS) is 16.7. The van der Waals surface area contributed by atoms with E-state index in [1.165, 1.54) is 12.1 Å². The van der Waals surface area contributed by atoms with Crippen LogP contribution in [0.5, 0.6) is 11.5 Å². The molecular weight excluding hydrogens is 262 g/mol. The van der Waals surface area contributed by atoms with Gasteiger partial charge >= 0.3 is 0 Å². The third kappa shape index (κ3) is 2.11. The highest BCUT2D eigenvalue weighted by molar-refractivity contribution is 5.75. The Labute approximate surface area is 116 Å². The SMILES string of the molecule is COc1cc2c(c(-c3ccc(F)cc3F)c1)OC(C)C2. The zero-order valence-corrected chi connectivity index (χ0v) is 11.2. The van der Waals surface area contributed by atoms with Crippen LogP contribution in [0.1, 0.15) is 12.5 Å². The quantitative estimate of drug-likeness (QED) is 0.826. The number of hydrogen-bond acceptors (Lipinski definition) is 2. The van der Waals surface area contributed by atoms with Gasteiger partial charge in [-0.25, -0.2) is 8.78 Å². The molecule has 2 aromatic carbocycles. The lowest BCUT2D eigenvalue weighted by Crippen LogP contribution is -2.05. The number of rotatable bonds is 2. The number of ether oxygens (including phenoxy) is 2. The smallest absolute Gasteiger partial charge is 0.134 e. The Morgan fingerprint density at radius 2 is 1.95 bits per heavy atom. The summed E-state index contributed by atoms with van der Waals surface area (Å²) < 4.78 is 38.1. The van der Waals surface area contributed by atoms with Crippen LogP contribution >= 0.6 is 0 Å². The highest BCUT2D eigenvalue weighted by Gasteiger charge is 2.25. The topological polar surface area (TPSA) is 18.5 Å². The lowest BCUT2D eigenvalue weighted by molar-refractivity contribution is 0.255. The molecule has 1 aliphatic heterocycles. The molecule has 0 aromatic heterocycles. The van der Waals surface area contributed by atoms with Crippen LogP contribution in [-0.4, -0.2) is 13.2 Å². The molecule has 0 N–H and O–H groups in total. The van der Waals surface area contributed by atoms with Crippen LogP contribution in [0.15, 0.2) is 30.3 Å². The molecule has 0 saturated carbocycles. The second-order valence-electron chi connectivity index (χ2n) is 4.92. The molecule has 1 atom stereocenters. The van der Waals surface area contributed by atoms with E-state index in [0.717, 1.165) is 18.1 Å². The van der Waals surface area contributed by atoms with Crippen molar-refractivity contribution < 1.29 is 18.3 Å². The standard InChI is InChI=1S/C16H14F2O2/c1-9-5-10-6-12(19-2)8-14(16(10)20-9)13-4-3-11(17)7-15(13)18/h3-4,6-9H,5H2,1-2H3. The maximum absolute atomic E-state index is 14.0. The molecule has 4 heteroatoms. The summed E-state index contributed by atoms with van der Waals surface area (Å²) in [6.07, 6.45) is 0.793. The molecule has 0 fully saturated rings. The minimum absolute atomic E-state index is 0.0411. The van der Waals surface area contributed by atoms with Gasteiger partial charge in [0.25, 0.3) is 0 Å². The van der Waals surface area contributed by atoms with Gasteiger partial charge in [0.1, 0.15) is 29.2 Å². The van der Waals surface area contributed by atoms with Crippen LogP contribution in [0.4, 0.5) is 8.78 Å². The van der Waals surface area contributed by atoms with Crippen molar-refractivity contribution in [3.8, 4) is 22.6 Å². The molecule has 0 aliphatic carbocycles. The minimum Gasteiger partial charge on any atom is -0.497 e. The van der Waals surface area contributed by atoms with Gasteiger partial charge in [0.15, 0.2) is 0 Å². The Kier molecular flexibility index (Phi) is 3.08. The van der Waals surface area contributed by atoms with E-state index in [1.54, 1.807) is 13.2 Å². The summed E-state index contributed by atoms with van der Waals surface area (Å²) >= 11 is 0. The summed E-state index contributed by atoms with van der Waals surface area (Å²) in [4.78, 5) is 0. The van der Waals surface area contributed by atoms with Crippen molar-refractivity contribution in [2.75, 3.05) is 7.11 Å². The summed E-state index contributed by atoms with van der Waals surface area (Å²) in [5, 5.41) is 0. The zero-order valence-electron chi connectivity index (χ0n) is 11.2. The summed E-state index contributed by atoms with van der Waals surface area (Å²) in [7, 11) is 1.56. The Hall–Kier alpha value is -2.10. The third-order valence-corrected chi connectivity index (χ3v) is 3.42. The van der Waals surface area contributed by atoms with Crippen molar-refractivity contribution >= 4 is 0 Å². The van der Waals surface area contributed by atoms with Gasteiger partial charge in [-0.05, 0) is 31.2 Å². The molecule has 1 aliphatic rings. The van der Waals surface area contributed by atoms with Crippen LogP contribution < -0.4 is 9.47 Å². The predicted octanol–water partition coefficient (Wildman–Crippen LogP) is 3.96. The van der Waals surface area contributed by atoms with Gasteiger partial charge in [0.2, 0.25) is 0 Å². The van der Waals surface area contributed by atoms with Gasteiger partial charge in [-0.1, -0.05) is 0 Å². The van der Waals surface area contributed by atoms with Crippen LogP contribution in [-0.2, 0) is 6.42 Å². The average molecular weight is 276 g/mol. The molecule has 0 radical (unpaired) electrons. The van der Waals surface area contributed by atoms with Crippen LogP contribution in [0.25, 0.3) is 11.1 Å². The molecule has 1 unspecified atom stereocenters. The minimum atomic E-state index is -0.608. The maximum atomic E-state index is 14.0. The number of fused-ring (bicyclic) bond motifs is 1. The molecule has 104 valence electrons. The van der Waals surface area contributed by atoms with Crippen molar-refractivity contribution in [3.05, 3.63) is 47.5 Å². The Morgan fingerprint density at radius 3 is 2.65 bits per heavy atom. The van der Waals surface area contributed by atoms with Gasteiger partial charge in [-0.15, -0.1) is 0 Å². The summed E-state index contributed by atoms with van der Waals surface area (Å²) in [5.74, 6) is 0.0904. The van der Waals surface area contributed by atoms with Gasteiger partial charge in [-0.2, -0.15) is 0 Å². The first-order chi connectivity index (χ1) is 9.58. The average Bonchev–Trinajstić information content (AvgIpc) is 2.78. The van der Waals surface area contributed by atoms with Crippen molar-refractivity contribution in [1.29, 1.82) is 0 Å². The van der Waals surface area contributed by atoms with E-state index in [2.05, 4.69) is 0 Å². The van der Waals surface area contributed by atoms with E-state index in [1.807, 2.05) is 13.0 Å². The molecule has 0 saturated heterocycles. The van der Waals surface area contributed by atoms with Crippen molar-refractivity contribution in [3.63, 3.8) is 0 Å². The Balaban J connectivity index is 2.20. The molecule has 2 aromatic rings. The van der Waals surface area contributed by atoms with E-state index >= 15 is 0 Å². The highest BCUT2D eigenvalue weighted by atomic mass is 19.1. The number of halogens is 2. The van der Waals surface area contributed by atoms with Gasteiger partial charge in [0, 0.05) is 29.2 Å². The molecule has 2 nitrogen and oxygen atoms in total. The number of benzene rings is 2. The molecule has 0 spiro atoms. The molecule has 0 amide bonds. The summed E-state index contributed by atoms with van der Waals surface area (Å²) in [6, 6.07) is 7.14. The molecule has 0 bridgehead atoms. The largest absolute Gasteiger partial charge is 0.497 e. The summed E-state index contributed by atoms with van der Waals surface area (Å²) in [5.41, 5.74) is 1.90. The van der Waals surface area contributed by atoms with Crippen molar-refractivity contribution in [2.45, 2.75) is 19.4 Å². The first-order valence-electron chi connectivity index (χ1n) is 6.41. The first-order valence-corrected chi connectivity index (χ1v) is 6.41. The zero-order chi connectivity index (χ0) is 14.3. The van der Waals surface area contributed by atoms with E-state index in [0.29, 0.717) is 22.6 Å². The van der Waals surface area contributed by atoms with Crippen LogP contribution in [0.3, 0.4) is 0 Å². The van der Waals surface area contributed by atoms with Crippen molar-refractivity contribution in [2.24, 2.45) is 0 Å². The predicted molar refractivity (Wildman–Crippen MR) is 72.1 cm³/mol. The first kappa shape index (κ1) is 12.9. The fraction of sp³-hybridized carbons (Fsp3) is 0.250. The van der Waals surface area contributed by atoms with Crippen LogP contribution in [0.2, 0.25) is 0 Å². The highest BCUT2D eigenvalue weighted by Crippen LogP contribution is 2.42. The second kappa shape index (κ2) is 4.78. The third-order valence-electron chi connectivity index (χ3n) is 3.42. The van der Waals surface area contributed by atoms with Crippen molar-refractivity contribution in [1.82, 2.24) is 0 Å².